The van der Waals surface area contributed by atoms with Crippen molar-refractivity contribution in [3.05, 3.63) is 77.6 Å². The van der Waals surface area contributed by atoms with E-state index >= 15 is 0 Å². The molecule has 0 saturated carbocycles. The van der Waals surface area contributed by atoms with E-state index in [0.29, 0.717) is 32.0 Å². The predicted octanol–water partition coefficient (Wildman–Crippen LogP) is 2.97. The van der Waals surface area contributed by atoms with Gasteiger partial charge in [-0.3, -0.25) is 19.8 Å². The zero-order valence-electron chi connectivity index (χ0n) is 17.5. The molecular formula is C23H26FN5O2. The number of nitrogens with one attached hydrogen (secondary N) is 1. The van der Waals surface area contributed by atoms with Gasteiger partial charge in [0.1, 0.15) is 18.2 Å². The van der Waals surface area contributed by atoms with Crippen LogP contribution in [0.15, 0.2) is 54.7 Å². The summed E-state index contributed by atoms with van der Waals surface area (Å²) in [5, 5.41) is 7.41. The van der Waals surface area contributed by atoms with Gasteiger partial charge in [0.25, 0.3) is 0 Å². The van der Waals surface area contributed by atoms with Crippen LogP contribution >= 0.6 is 0 Å². The first-order valence-electron chi connectivity index (χ1n) is 10.4. The third kappa shape index (κ3) is 5.67. The van der Waals surface area contributed by atoms with Gasteiger partial charge >= 0.3 is 0 Å². The van der Waals surface area contributed by atoms with Gasteiger partial charge in [-0.25, -0.2) is 4.39 Å². The molecule has 0 aliphatic carbocycles. The Labute approximate surface area is 180 Å². The third-order valence-corrected chi connectivity index (χ3v) is 5.38. The fourth-order valence-electron chi connectivity index (χ4n) is 3.74. The van der Waals surface area contributed by atoms with Crippen LogP contribution in [-0.2, 0) is 17.9 Å². The Bertz CT molecular complexity index is 993. The number of carbonyl (C=O) groups is 1. The van der Waals surface area contributed by atoms with Gasteiger partial charge in [0.15, 0.2) is 0 Å². The van der Waals surface area contributed by atoms with Crippen molar-refractivity contribution in [3.8, 4) is 5.75 Å². The highest BCUT2D eigenvalue weighted by molar-refractivity contribution is 5.78. The number of amides is 1. The number of likely N-dealkylation sites (N-methyl/N-ethyl adjacent to an activating group) is 1. The van der Waals surface area contributed by atoms with Gasteiger partial charge < -0.3 is 9.64 Å². The van der Waals surface area contributed by atoms with Crippen LogP contribution in [0.3, 0.4) is 0 Å². The number of aromatic nitrogens is 3. The van der Waals surface area contributed by atoms with Crippen LogP contribution in [0.1, 0.15) is 29.4 Å². The summed E-state index contributed by atoms with van der Waals surface area (Å²) in [6.45, 7) is 2.72. The number of likely N-dealkylation sites (tertiary alicyclic amines) is 1. The molecule has 0 radical (unpaired) electrons. The van der Waals surface area contributed by atoms with Gasteiger partial charge in [0.2, 0.25) is 5.91 Å². The Morgan fingerprint density at radius 3 is 2.90 bits per heavy atom. The summed E-state index contributed by atoms with van der Waals surface area (Å²) in [6.07, 6.45) is 2.65. The molecule has 0 unspecified atom stereocenters. The zero-order valence-corrected chi connectivity index (χ0v) is 17.5. The minimum atomic E-state index is -0.292. The summed E-state index contributed by atoms with van der Waals surface area (Å²) in [4.78, 5) is 20.9. The number of hydrogen-bond acceptors (Lipinski definition) is 5. The Morgan fingerprint density at radius 2 is 2.13 bits per heavy atom. The molecule has 1 aliphatic rings. The lowest BCUT2D eigenvalue weighted by Gasteiger charge is -2.21. The molecule has 2 aromatic heterocycles. The largest absolute Gasteiger partial charge is 0.487 e. The Hall–Kier alpha value is -3.26. The summed E-state index contributed by atoms with van der Waals surface area (Å²) in [5.74, 6) is 0.640. The van der Waals surface area contributed by atoms with Crippen molar-refractivity contribution in [1.82, 2.24) is 25.0 Å². The molecule has 1 aromatic carbocycles. The highest BCUT2D eigenvalue weighted by atomic mass is 19.1. The number of H-pyrrole nitrogens is 1. The molecule has 3 aromatic rings. The molecule has 0 spiro atoms. The third-order valence-electron chi connectivity index (χ3n) is 5.38. The molecule has 1 amide bonds. The normalized spacial score (nSPS) is 16.1. The molecule has 162 valence electrons. The molecule has 0 bridgehead atoms. The second-order valence-corrected chi connectivity index (χ2v) is 7.88. The van der Waals surface area contributed by atoms with Crippen molar-refractivity contribution in [2.45, 2.75) is 25.5 Å². The number of pyridine rings is 1. The zero-order chi connectivity index (χ0) is 21.6. The number of ether oxygens (including phenoxy) is 1. The average molecular weight is 423 g/mol. The maximum absolute atomic E-state index is 13.0. The van der Waals surface area contributed by atoms with Crippen LogP contribution in [0.2, 0.25) is 0 Å². The molecular weight excluding hydrogens is 397 g/mol. The number of halogens is 1. The van der Waals surface area contributed by atoms with Crippen molar-refractivity contribution in [2.24, 2.45) is 0 Å². The van der Waals surface area contributed by atoms with Crippen LogP contribution in [-0.4, -0.2) is 57.6 Å². The summed E-state index contributed by atoms with van der Waals surface area (Å²) in [7, 11) is 1.93. The fraction of sp³-hybridized carbons (Fsp3) is 0.348. The van der Waals surface area contributed by atoms with E-state index in [0.717, 1.165) is 30.0 Å². The van der Waals surface area contributed by atoms with Gasteiger partial charge in [0.05, 0.1) is 23.6 Å². The number of nitrogens with zero attached hydrogens (tertiary/aromatic N) is 4. The average Bonchev–Trinajstić information content (AvgIpc) is 3.44. The van der Waals surface area contributed by atoms with E-state index in [9.17, 15) is 9.18 Å². The molecule has 7 nitrogen and oxygen atoms in total. The standard InChI is InChI=1S/C23H26FN5O2/c1-28(14-19-4-2-3-10-25-19)15-23(30)29-11-9-17(13-29)22-12-20(26-27-22)16-31-21-7-5-18(24)6-8-21/h2-8,10,12,17H,9,11,13-16H2,1H3,(H,26,27)/t17-/m1/s1. The van der Waals surface area contributed by atoms with Crippen molar-refractivity contribution < 1.29 is 13.9 Å². The van der Waals surface area contributed by atoms with Gasteiger partial charge in [-0.05, 0) is 55.9 Å². The molecule has 31 heavy (non-hydrogen) atoms. The van der Waals surface area contributed by atoms with E-state index in [1.807, 2.05) is 41.1 Å². The lowest BCUT2D eigenvalue weighted by atomic mass is 10.1. The van der Waals surface area contributed by atoms with E-state index in [-0.39, 0.29) is 17.6 Å². The lowest BCUT2D eigenvalue weighted by Crippen LogP contribution is -2.37. The summed E-state index contributed by atoms with van der Waals surface area (Å²) < 4.78 is 18.6. The minimum Gasteiger partial charge on any atom is -0.487 e. The van der Waals surface area contributed by atoms with Gasteiger partial charge in [0, 0.05) is 31.7 Å². The van der Waals surface area contributed by atoms with E-state index in [1.165, 1.54) is 12.1 Å². The molecule has 1 N–H and O–H groups in total. The van der Waals surface area contributed by atoms with Crippen LogP contribution < -0.4 is 4.74 Å². The Kier molecular flexibility index (Phi) is 6.57. The highest BCUT2D eigenvalue weighted by Gasteiger charge is 2.29. The fourth-order valence-corrected chi connectivity index (χ4v) is 3.74. The highest BCUT2D eigenvalue weighted by Crippen LogP contribution is 2.26. The van der Waals surface area contributed by atoms with Crippen LogP contribution in [0.4, 0.5) is 4.39 Å². The van der Waals surface area contributed by atoms with Gasteiger partial charge in [-0.2, -0.15) is 5.10 Å². The van der Waals surface area contributed by atoms with Gasteiger partial charge in [-0.15, -0.1) is 0 Å². The SMILES string of the molecule is CN(CC(=O)N1CC[C@@H](c2cc(COc3ccc(F)cc3)[nH]n2)C1)Cc1ccccn1. The van der Waals surface area contributed by atoms with Crippen LogP contribution in [0.5, 0.6) is 5.75 Å². The van der Waals surface area contributed by atoms with Crippen molar-refractivity contribution in [1.29, 1.82) is 0 Å². The molecule has 8 heteroatoms. The monoisotopic (exact) mass is 423 g/mol. The maximum Gasteiger partial charge on any atom is 0.236 e. The molecule has 1 saturated heterocycles. The minimum absolute atomic E-state index is 0.122. The van der Waals surface area contributed by atoms with E-state index < -0.39 is 0 Å². The quantitative estimate of drug-likeness (QED) is 0.603. The maximum atomic E-state index is 13.0. The predicted molar refractivity (Wildman–Crippen MR) is 114 cm³/mol. The first-order chi connectivity index (χ1) is 15.1. The number of carbonyl (C=O) groups excluding carboxylic acids is 1. The first-order valence-corrected chi connectivity index (χ1v) is 10.4. The second-order valence-electron chi connectivity index (χ2n) is 7.88. The van der Waals surface area contributed by atoms with Crippen molar-refractivity contribution in [3.63, 3.8) is 0 Å². The number of benzene rings is 1. The summed E-state index contributed by atoms with van der Waals surface area (Å²) in [6, 6.07) is 13.7. The molecule has 1 atom stereocenters. The first kappa shape index (κ1) is 21.0. The van der Waals surface area contributed by atoms with Crippen molar-refractivity contribution in [2.75, 3.05) is 26.7 Å². The topological polar surface area (TPSA) is 74.3 Å². The number of rotatable bonds is 8. The van der Waals surface area contributed by atoms with Crippen LogP contribution in [0.25, 0.3) is 0 Å². The summed E-state index contributed by atoms with van der Waals surface area (Å²) >= 11 is 0. The van der Waals surface area contributed by atoms with E-state index in [1.54, 1.807) is 18.3 Å². The van der Waals surface area contributed by atoms with Crippen LogP contribution in [0, 0.1) is 5.82 Å². The lowest BCUT2D eigenvalue weighted by molar-refractivity contribution is -0.131. The number of hydrogen-bond donors (Lipinski definition) is 1. The molecule has 1 fully saturated rings. The van der Waals surface area contributed by atoms with Crippen molar-refractivity contribution >= 4 is 5.91 Å². The van der Waals surface area contributed by atoms with E-state index in [4.69, 9.17) is 4.74 Å². The molecule has 3 heterocycles. The molecule has 1 aliphatic heterocycles. The second kappa shape index (κ2) is 9.70. The van der Waals surface area contributed by atoms with Gasteiger partial charge in [-0.1, -0.05) is 6.07 Å². The smallest absolute Gasteiger partial charge is 0.236 e. The molecule has 4 rings (SSSR count). The summed E-state index contributed by atoms with van der Waals surface area (Å²) in [5.41, 5.74) is 2.73. The Balaban J connectivity index is 1.25. The number of aromatic amines is 1. The van der Waals surface area contributed by atoms with E-state index in [2.05, 4.69) is 15.2 Å². The Morgan fingerprint density at radius 1 is 1.29 bits per heavy atom.